The molecule has 10 heteroatoms. The molecule has 0 radical (unpaired) electrons. The van der Waals surface area contributed by atoms with Crippen LogP contribution in [0.1, 0.15) is 0 Å². The molecule has 0 fully saturated rings. The molecule has 0 aliphatic heterocycles. The van der Waals surface area contributed by atoms with Gasteiger partial charge >= 0.3 is 27.9 Å². The lowest BCUT2D eigenvalue weighted by Gasteiger charge is -1.83. The van der Waals surface area contributed by atoms with Crippen molar-refractivity contribution in [1.29, 1.82) is 0 Å². The van der Waals surface area contributed by atoms with Crippen LogP contribution in [-0.4, -0.2) is 4.21 Å². The van der Waals surface area contributed by atoms with E-state index in [9.17, 15) is 23.1 Å². The summed E-state index contributed by atoms with van der Waals surface area (Å²) in [6.45, 7) is 0. The maximum Gasteiger partial charge on any atom is 0.505 e. The van der Waals surface area contributed by atoms with Crippen LogP contribution in [0.25, 0.3) is 0 Å². The molecule has 0 aromatic heterocycles. The lowest BCUT2D eigenvalue weighted by atomic mass is 15.8. The van der Waals surface area contributed by atoms with E-state index in [0.29, 0.717) is 0 Å². The van der Waals surface area contributed by atoms with Gasteiger partial charge < -0.3 is 9.79 Å². The van der Waals surface area contributed by atoms with Crippen LogP contribution < -0.4 is 9.79 Å². The molecule has 0 saturated heterocycles. The summed E-state index contributed by atoms with van der Waals surface area (Å²) in [5.74, 6) is 0. The smallest absolute Gasteiger partial charge is 0.505 e. The first-order valence-corrected chi connectivity index (χ1v) is 4.79. The van der Waals surface area contributed by atoms with Gasteiger partial charge in [-0.2, -0.15) is 4.21 Å². The van der Waals surface area contributed by atoms with Crippen LogP contribution in [0.4, 0.5) is 0 Å². The third kappa shape index (κ3) is 6.31. The molecule has 0 aromatic carbocycles. The third-order valence-electron chi connectivity index (χ3n) is 0.243. The molecule has 0 amide bonds. The summed E-state index contributed by atoms with van der Waals surface area (Å²) in [6.07, 6.45) is 0. The van der Waals surface area contributed by atoms with Gasteiger partial charge in [-0.15, -0.1) is 0 Å². The lowest BCUT2D eigenvalue weighted by molar-refractivity contribution is -0.180. The summed E-state index contributed by atoms with van der Waals surface area (Å²) in [7, 11) is -6.73. The number of hydrogen-bond acceptors (Lipinski definition) is 7. The molecule has 7 nitrogen and oxygen atoms in total. The molecule has 0 aromatic rings. The molecule has 0 bridgehead atoms. The van der Waals surface area contributed by atoms with Crippen LogP contribution in [0, 0.1) is 0 Å². The van der Waals surface area contributed by atoms with Crippen LogP contribution >= 0.6 is 16.5 Å². The highest BCUT2D eigenvalue weighted by molar-refractivity contribution is 7.82. The first-order chi connectivity index (χ1) is 4.52. The van der Waals surface area contributed by atoms with Crippen molar-refractivity contribution < 1.29 is 31.1 Å². The fourth-order valence-electron chi connectivity index (χ4n) is 0.113. The van der Waals surface area contributed by atoms with E-state index in [1.807, 2.05) is 0 Å². The van der Waals surface area contributed by atoms with E-state index < -0.39 is 27.9 Å². The standard InChI is InChI=1S/O7P2S/c1-8(2)6-10(5)7-9(3)4. The zero-order valence-electron chi connectivity index (χ0n) is 4.16. The predicted octanol–water partition coefficient (Wildman–Crippen LogP) is -1.37. The largest absolute Gasteiger partial charge is 0.566 e. The molecule has 2 unspecified atom stereocenters. The maximum atomic E-state index is 9.96. The first-order valence-electron chi connectivity index (χ1n) is 1.60. The van der Waals surface area contributed by atoms with Crippen LogP contribution in [0.2, 0.25) is 0 Å². The van der Waals surface area contributed by atoms with Gasteiger partial charge in [0.05, 0.1) is 0 Å². The van der Waals surface area contributed by atoms with E-state index >= 15 is 0 Å². The second-order valence-electron chi connectivity index (χ2n) is 0.800. The number of rotatable bonds is 4. The molecule has 0 aliphatic rings. The van der Waals surface area contributed by atoms with Gasteiger partial charge in [-0.1, -0.05) is 0 Å². The number of hydrogen-bond donors (Lipinski definition) is 0. The van der Waals surface area contributed by atoms with Crippen molar-refractivity contribution in [1.82, 2.24) is 0 Å². The minimum atomic E-state index is -3.36. The van der Waals surface area contributed by atoms with Crippen molar-refractivity contribution in [3.63, 3.8) is 0 Å². The maximum absolute atomic E-state index is 9.96. The molecule has 10 heavy (non-hydrogen) atoms. The fourth-order valence-corrected chi connectivity index (χ4v) is 1.26. The second-order valence-corrected chi connectivity index (χ2v) is 3.30. The Balaban J connectivity index is 3.65. The quantitative estimate of drug-likeness (QED) is 0.521. The summed E-state index contributed by atoms with van der Waals surface area (Å²) in [6, 6.07) is 0. The first kappa shape index (κ1) is 10.2. The minimum Gasteiger partial charge on any atom is -0.566 e. The lowest BCUT2D eigenvalue weighted by Crippen LogP contribution is -1.99. The highest BCUT2D eigenvalue weighted by Crippen LogP contribution is 2.19. The van der Waals surface area contributed by atoms with E-state index in [0.717, 1.165) is 0 Å². The van der Waals surface area contributed by atoms with Crippen molar-refractivity contribution in [2.45, 2.75) is 0 Å². The molecular weight excluding hydrogens is 206 g/mol. The monoisotopic (exact) mass is 206 g/mol. The van der Waals surface area contributed by atoms with Gasteiger partial charge in [-0.25, -0.2) is 0 Å². The zero-order chi connectivity index (χ0) is 8.15. The Kier molecular flexibility index (Phi) is 5.02. The molecule has 0 saturated carbocycles. The summed E-state index contributed by atoms with van der Waals surface area (Å²) in [5.41, 5.74) is 0. The second kappa shape index (κ2) is 4.92. The van der Waals surface area contributed by atoms with E-state index in [4.69, 9.17) is 0 Å². The zero-order valence-corrected chi connectivity index (χ0v) is 6.77. The fraction of sp³-hybridized carbons (Fsp3) is 0. The van der Waals surface area contributed by atoms with Crippen molar-refractivity contribution in [3.8, 4) is 0 Å². The van der Waals surface area contributed by atoms with Gasteiger partial charge in [-0.05, 0) is 17.1 Å². The Labute approximate surface area is 59.7 Å². The third-order valence-corrected chi connectivity index (χ3v) is 2.19. The molecule has 0 N–H and O–H groups in total. The minimum absolute atomic E-state index is 2.77. The van der Waals surface area contributed by atoms with Gasteiger partial charge in [-0.3, -0.25) is 0 Å². The topological polar surface area (TPSA) is 116 Å². The summed E-state index contributed by atoms with van der Waals surface area (Å²) in [4.78, 5) is 19.1. The average Bonchev–Trinajstić information content (AvgIpc) is 1.58. The highest BCUT2D eigenvalue weighted by atomic mass is 32.2. The van der Waals surface area contributed by atoms with E-state index in [2.05, 4.69) is 7.94 Å². The SMILES string of the molecule is O=[P+]([O-])OS(=O)O[P+](=O)[O-]. The highest BCUT2D eigenvalue weighted by Gasteiger charge is 2.19. The summed E-state index contributed by atoms with van der Waals surface area (Å²) >= 11 is -2.77. The molecule has 0 aliphatic carbocycles. The van der Waals surface area contributed by atoms with Crippen LogP contribution in [0.15, 0.2) is 0 Å². The Bertz CT molecular complexity index is 154. The Hall–Kier alpha value is 0.190. The van der Waals surface area contributed by atoms with Crippen molar-refractivity contribution >= 4 is 27.9 Å². The molecular formula is O7P2S. The van der Waals surface area contributed by atoms with Crippen LogP contribution in [-0.2, 0) is 28.4 Å². The van der Waals surface area contributed by atoms with Crippen LogP contribution in [0.5, 0.6) is 0 Å². The Morgan fingerprint density at radius 1 is 1.10 bits per heavy atom. The predicted molar refractivity (Wildman–Crippen MR) is 25.5 cm³/mol. The van der Waals surface area contributed by atoms with Crippen molar-refractivity contribution in [2.24, 2.45) is 0 Å². The van der Waals surface area contributed by atoms with Gasteiger partial charge in [0.2, 0.25) is 0 Å². The van der Waals surface area contributed by atoms with Gasteiger partial charge in [0.1, 0.15) is 0 Å². The normalized spacial score (nSPS) is 16.2. The average molecular weight is 206 g/mol. The Morgan fingerprint density at radius 2 is 1.40 bits per heavy atom. The van der Waals surface area contributed by atoms with Crippen molar-refractivity contribution in [2.75, 3.05) is 0 Å². The van der Waals surface area contributed by atoms with Gasteiger partial charge in [0.25, 0.3) is 0 Å². The molecule has 0 heterocycles. The van der Waals surface area contributed by atoms with Gasteiger partial charge in [0, 0.05) is 0 Å². The molecule has 2 atom stereocenters. The van der Waals surface area contributed by atoms with Crippen molar-refractivity contribution in [3.05, 3.63) is 0 Å². The summed E-state index contributed by atoms with van der Waals surface area (Å²) < 4.78 is 35.8. The van der Waals surface area contributed by atoms with Gasteiger partial charge in [0.15, 0.2) is 0 Å². The summed E-state index contributed by atoms with van der Waals surface area (Å²) in [5, 5.41) is 0. The van der Waals surface area contributed by atoms with E-state index in [-0.39, 0.29) is 0 Å². The van der Waals surface area contributed by atoms with E-state index in [1.54, 1.807) is 0 Å². The van der Waals surface area contributed by atoms with E-state index in [1.165, 1.54) is 0 Å². The molecule has 0 rings (SSSR count). The Morgan fingerprint density at radius 3 is 1.60 bits per heavy atom. The molecule has 0 spiro atoms. The molecule has 58 valence electrons. The van der Waals surface area contributed by atoms with Crippen LogP contribution in [0.3, 0.4) is 0 Å².